The van der Waals surface area contributed by atoms with Gasteiger partial charge < -0.3 is 5.32 Å². The van der Waals surface area contributed by atoms with E-state index >= 15 is 0 Å². The molecular weight excluding hydrogens is 433 g/mol. The molecular formula is C22H18FN5OS2. The Morgan fingerprint density at radius 3 is 2.65 bits per heavy atom. The zero-order valence-electron chi connectivity index (χ0n) is 16.4. The maximum Gasteiger partial charge on any atom is 0.236 e. The molecule has 0 aliphatic heterocycles. The summed E-state index contributed by atoms with van der Waals surface area (Å²) in [6.45, 7) is 0. The fraction of sp³-hybridized carbons (Fsp3) is 0.182. The Morgan fingerprint density at radius 2 is 1.90 bits per heavy atom. The van der Waals surface area contributed by atoms with Crippen LogP contribution < -0.4 is 5.32 Å². The Bertz CT molecular complexity index is 1200. The first kappa shape index (κ1) is 19.9. The van der Waals surface area contributed by atoms with Gasteiger partial charge in [-0.2, -0.15) is 0 Å². The van der Waals surface area contributed by atoms with E-state index in [0.29, 0.717) is 21.9 Å². The number of halogens is 1. The number of para-hydroxylation sites is 1. The first-order valence-corrected chi connectivity index (χ1v) is 11.7. The van der Waals surface area contributed by atoms with E-state index in [0.717, 1.165) is 29.9 Å². The standard InChI is InChI=1S/C22H18FN5OS2/c23-16-10-8-14(9-11-16)18-12-30-21(24-18)25-19(29)13-31-22-27-26-20(15-6-7-15)28(22)17-4-2-1-3-5-17/h1-5,8-12,15H,6-7,13H2,(H,24,25,29). The lowest BCUT2D eigenvalue weighted by atomic mass is 10.2. The van der Waals surface area contributed by atoms with Crippen molar-refractivity contribution in [2.45, 2.75) is 23.9 Å². The molecule has 0 atom stereocenters. The minimum atomic E-state index is -0.294. The van der Waals surface area contributed by atoms with E-state index in [9.17, 15) is 9.18 Å². The summed E-state index contributed by atoms with van der Waals surface area (Å²) in [7, 11) is 0. The SMILES string of the molecule is O=C(CSc1nnc(C2CC2)n1-c1ccccc1)Nc1nc(-c2ccc(F)cc2)cs1. The van der Waals surface area contributed by atoms with Crippen LogP contribution in [0, 0.1) is 5.82 Å². The van der Waals surface area contributed by atoms with Gasteiger partial charge in [-0.1, -0.05) is 30.0 Å². The molecule has 0 spiro atoms. The highest BCUT2D eigenvalue weighted by molar-refractivity contribution is 7.99. The number of nitrogens with zero attached hydrogens (tertiary/aromatic N) is 4. The highest BCUT2D eigenvalue weighted by atomic mass is 32.2. The number of rotatable bonds is 7. The Balaban J connectivity index is 1.26. The minimum absolute atomic E-state index is 0.166. The van der Waals surface area contributed by atoms with E-state index in [1.54, 1.807) is 12.1 Å². The molecule has 5 rings (SSSR count). The zero-order chi connectivity index (χ0) is 21.2. The minimum Gasteiger partial charge on any atom is -0.301 e. The number of anilines is 1. The average molecular weight is 452 g/mol. The summed E-state index contributed by atoms with van der Waals surface area (Å²) < 4.78 is 15.1. The van der Waals surface area contributed by atoms with Crippen molar-refractivity contribution in [3.63, 3.8) is 0 Å². The predicted molar refractivity (Wildman–Crippen MR) is 120 cm³/mol. The Labute approximate surface area is 186 Å². The van der Waals surface area contributed by atoms with E-state index in [2.05, 4.69) is 20.5 Å². The van der Waals surface area contributed by atoms with Crippen LogP contribution in [0.1, 0.15) is 24.6 Å². The lowest BCUT2D eigenvalue weighted by Crippen LogP contribution is -2.14. The number of hydrogen-bond donors (Lipinski definition) is 1. The molecule has 0 radical (unpaired) electrons. The van der Waals surface area contributed by atoms with Gasteiger partial charge in [-0.3, -0.25) is 9.36 Å². The van der Waals surface area contributed by atoms with Gasteiger partial charge in [-0.15, -0.1) is 21.5 Å². The van der Waals surface area contributed by atoms with Crippen molar-refractivity contribution in [2.75, 3.05) is 11.1 Å². The summed E-state index contributed by atoms with van der Waals surface area (Å²) in [6, 6.07) is 16.1. The van der Waals surface area contributed by atoms with Crippen molar-refractivity contribution in [1.29, 1.82) is 0 Å². The highest BCUT2D eigenvalue weighted by Crippen LogP contribution is 2.41. The summed E-state index contributed by atoms with van der Waals surface area (Å²) >= 11 is 2.69. The Morgan fingerprint density at radius 1 is 1.13 bits per heavy atom. The molecule has 0 saturated heterocycles. The van der Waals surface area contributed by atoms with Gasteiger partial charge in [0.2, 0.25) is 5.91 Å². The number of carbonyl (C=O) groups is 1. The lowest BCUT2D eigenvalue weighted by Gasteiger charge is -2.09. The molecule has 2 heterocycles. The van der Waals surface area contributed by atoms with Crippen LogP contribution in [0.4, 0.5) is 9.52 Å². The van der Waals surface area contributed by atoms with Crippen LogP contribution in [-0.4, -0.2) is 31.4 Å². The molecule has 9 heteroatoms. The Hall–Kier alpha value is -3.04. The predicted octanol–water partition coefficient (Wildman–Crippen LogP) is 5.14. The summed E-state index contributed by atoms with van der Waals surface area (Å²) in [4.78, 5) is 16.9. The van der Waals surface area contributed by atoms with Crippen molar-refractivity contribution in [2.24, 2.45) is 0 Å². The molecule has 1 aliphatic rings. The number of nitrogens with one attached hydrogen (secondary N) is 1. The van der Waals surface area contributed by atoms with Gasteiger partial charge in [0, 0.05) is 22.5 Å². The molecule has 1 aliphatic carbocycles. The summed E-state index contributed by atoms with van der Waals surface area (Å²) in [6.07, 6.45) is 2.24. The zero-order valence-corrected chi connectivity index (χ0v) is 18.0. The van der Waals surface area contributed by atoms with Crippen LogP contribution in [-0.2, 0) is 4.79 Å². The smallest absolute Gasteiger partial charge is 0.236 e. The van der Waals surface area contributed by atoms with Crippen molar-refractivity contribution in [3.05, 3.63) is 71.6 Å². The second kappa shape index (κ2) is 8.60. The van der Waals surface area contributed by atoms with Gasteiger partial charge in [-0.05, 0) is 49.2 Å². The van der Waals surface area contributed by atoms with E-state index < -0.39 is 0 Å². The molecule has 1 N–H and O–H groups in total. The molecule has 0 bridgehead atoms. The van der Waals surface area contributed by atoms with Gasteiger partial charge in [-0.25, -0.2) is 9.37 Å². The summed E-state index contributed by atoms with van der Waals surface area (Å²) in [5.74, 6) is 1.13. The molecule has 156 valence electrons. The molecule has 1 fully saturated rings. The van der Waals surface area contributed by atoms with Crippen molar-refractivity contribution in [3.8, 4) is 16.9 Å². The van der Waals surface area contributed by atoms with Gasteiger partial charge in [0.25, 0.3) is 0 Å². The van der Waals surface area contributed by atoms with Crippen LogP contribution in [0.2, 0.25) is 0 Å². The molecule has 1 saturated carbocycles. The van der Waals surface area contributed by atoms with E-state index in [1.165, 1.54) is 35.2 Å². The third-order valence-corrected chi connectivity index (χ3v) is 6.52. The maximum atomic E-state index is 13.1. The normalized spacial score (nSPS) is 13.3. The van der Waals surface area contributed by atoms with Crippen LogP contribution in [0.25, 0.3) is 16.9 Å². The van der Waals surface area contributed by atoms with Crippen molar-refractivity contribution < 1.29 is 9.18 Å². The number of amides is 1. The van der Waals surface area contributed by atoms with E-state index in [1.807, 2.05) is 40.3 Å². The number of benzene rings is 2. The van der Waals surface area contributed by atoms with Crippen molar-refractivity contribution in [1.82, 2.24) is 19.7 Å². The first-order chi connectivity index (χ1) is 15.2. The monoisotopic (exact) mass is 451 g/mol. The number of aromatic nitrogens is 4. The summed E-state index contributed by atoms with van der Waals surface area (Å²) in [5.41, 5.74) is 2.50. The fourth-order valence-electron chi connectivity index (χ4n) is 3.17. The second-order valence-corrected chi connectivity index (χ2v) is 8.97. The molecule has 1 amide bonds. The topological polar surface area (TPSA) is 72.7 Å². The maximum absolute atomic E-state index is 13.1. The fourth-order valence-corrected chi connectivity index (χ4v) is 4.67. The number of thiazole rings is 1. The van der Waals surface area contributed by atoms with Gasteiger partial charge >= 0.3 is 0 Å². The third-order valence-electron chi connectivity index (χ3n) is 4.84. The average Bonchev–Trinajstić information content (AvgIpc) is 3.38. The molecule has 6 nitrogen and oxygen atoms in total. The van der Waals surface area contributed by atoms with Crippen LogP contribution >= 0.6 is 23.1 Å². The highest BCUT2D eigenvalue weighted by Gasteiger charge is 2.31. The molecule has 4 aromatic rings. The van der Waals surface area contributed by atoms with Crippen molar-refractivity contribution >= 4 is 34.1 Å². The van der Waals surface area contributed by atoms with Crippen LogP contribution in [0.15, 0.2) is 65.1 Å². The third kappa shape index (κ3) is 4.52. The van der Waals surface area contributed by atoms with Crippen LogP contribution in [0.5, 0.6) is 0 Å². The van der Waals surface area contributed by atoms with Gasteiger partial charge in [0.15, 0.2) is 10.3 Å². The van der Waals surface area contributed by atoms with Gasteiger partial charge in [0.05, 0.1) is 11.4 Å². The van der Waals surface area contributed by atoms with Crippen LogP contribution in [0.3, 0.4) is 0 Å². The Kier molecular flexibility index (Phi) is 5.52. The first-order valence-electron chi connectivity index (χ1n) is 9.82. The summed E-state index contributed by atoms with van der Waals surface area (Å²) in [5, 5.41) is 14.6. The van der Waals surface area contributed by atoms with Gasteiger partial charge in [0.1, 0.15) is 11.6 Å². The molecule has 2 aromatic heterocycles. The molecule has 31 heavy (non-hydrogen) atoms. The second-order valence-electron chi connectivity index (χ2n) is 7.17. The van der Waals surface area contributed by atoms with E-state index in [-0.39, 0.29) is 17.5 Å². The van der Waals surface area contributed by atoms with E-state index in [4.69, 9.17) is 0 Å². The number of carbonyl (C=O) groups excluding carboxylic acids is 1. The number of thioether (sulfide) groups is 1. The largest absolute Gasteiger partial charge is 0.301 e. The lowest BCUT2D eigenvalue weighted by molar-refractivity contribution is -0.113. The molecule has 0 unspecified atom stereocenters. The number of hydrogen-bond acceptors (Lipinski definition) is 6. The quantitative estimate of drug-likeness (QED) is 0.394. The molecule has 2 aromatic carbocycles.